The Hall–Kier alpha value is -7.21. The molecule has 0 aliphatic carbocycles. The van der Waals surface area contributed by atoms with E-state index in [4.69, 9.17) is 19.4 Å². The molecular formula is C51H31N3OS. The lowest BCUT2D eigenvalue weighted by Gasteiger charge is -2.11. The largest absolute Gasteiger partial charge is 0.456 e. The molecule has 5 heteroatoms. The lowest BCUT2D eigenvalue weighted by molar-refractivity contribution is 0.669. The van der Waals surface area contributed by atoms with Gasteiger partial charge in [0.2, 0.25) is 0 Å². The Morgan fingerprint density at radius 1 is 0.321 bits per heavy atom. The van der Waals surface area contributed by atoms with Crippen molar-refractivity contribution in [2.75, 3.05) is 0 Å². The highest BCUT2D eigenvalue weighted by molar-refractivity contribution is 7.25. The van der Waals surface area contributed by atoms with Crippen LogP contribution in [-0.2, 0) is 0 Å². The summed E-state index contributed by atoms with van der Waals surface area (Å²) in [7, 11) is 0. The Morgan fingerprint density at radius 2 is 0.893 bits per heavy atom. The molecule has 262 valence electrons. The highest BCUT2D eigenvalue weighted by atomic mass is 32.1. The van der Waals surface area contributed by atoms with Crippen molar-refractivity contribution in [1.82, 2.24) is 15.0 Å². The molecule has 0 spiro atoms. The molecule has 11 aromatic rings. The fourth-order valence-corrected chi connectivity index (χ4v) is 8.99. The number of thiophene rings is 1. The first kappa shape index (κ1) is 32.2. The average Bonchev–Trinajstić information content (AvgIpc) is 3.85. The maximum absolute atomic E-state index is 6.45. The fourth-order valence-electron chi connectivity index (χ4n) is 7.86. The van der Waals surface area contributed by atoms with Gasteiger partial charge >= 0.3 is 0 Å². The highest BCUT2D eigenvalue weighted by Gasteiger charge is 2.19. The molecule has 0 amide bonds. The first-order chi connectivity index (χ1) is 27.7. The van der Waals surface area contributed by atoms with Crippen LogP contribution >= 0.6 is 11.3 Å². The molecule has 4 nitrogen and oxygen atoms in total. The van der Waals surface area contributed by atoms with Gasteiger partial charge in [-0.25, -0.2) is 15.0 Å². The summed E-state index contributed by atoms with van der Waals surface area (Å²) in [4.78, 5) is 15.4. The molecule has 0 aliphatic rings. The lowest BCUT2D eigenvalue weighted by Crippen LogP contribution is -2.00. The van der Waals surface area contributed by atoms with Crippen molar-refractivity contribution in [3.63, 3.8) is 0 Å². The van der Waals surface area contributed by atoms with E-state index in [0.29, 0.717) is 17.5 Å². The van der Waals surface area contributed by atoms with E-state index in [2.05, 4.69) is 164 Å². The van der Waals surface area contributed by atoms with Crippen molar-refractivity contribution in [3.05, 3.63) is 188 Å². The van der Waals surface area contributed by atoms with E-state index in [1.165, 1.54) is 31.3 Å². The second-order valence-electron chi connectivity index (χ2n) is 14.0. The summed E-state index contributed by atoms with van der Waals surface area (Å²) in [6.07, 6.45) is 0. The predicted molar refractivity (Wildman–Crippen MR) is 233 cm³/mol. The van der Waals surface area contributed by atoms with Gasteiger partial charge in [0, 0.05) is 47.6 Å². The number of fused-ring (bicyclic) bond motifs is 6. The van der Waals surface area contributed by atoms with E-state index in [1.807, 2.05) is 24.3 Å². The van der Waals surface area contributed by atoms with Gasteiger partial charge in [0.05, 0.1) is 0 Å². The summed E-state index contributed by atoms with van der Waals surface area (Å²) in [5, 5.41) is 4.54. The van der Waals surface area contributed by atoms with Gasteiger partial charge in [0.25, 0.3) is 0 Å². The molecule has 0 bridgehead atoms. The van der Waals surface area contributed by atoms with Crippen LogP contribution in [0.1, 0.15) is 0 Å². The van der Waals surface area contributed by atoms with E-state index < -0.39 is 0 Å². The van der Waals surface area contributed by atoms with Crippen LogP contribution in [0.25, 0.3) is 110 Å². The standard InChI is InChI=1S/C51H31N3OS/c1-3-12-32(13-4-1)33-24-26-34(27-25-33)36-28-29-43-42(31-36)47-39(19-10-21-44(47)55-43)37-16-9-17-38(30-37)50-52-49(35-14-5-2-6-15-35)53-51(54-50)41-20-11-23-46-48(41)40-18-7-8-22-45(40)56-46/h1-31H. The smallest absolute Gasteiger partial charge is 0.164 e. The van der Waals surface area contributed by atoms with Crippen molar-refractivity contribution < 1.29 is 4.42 Å². The van der Waals surface area contributed by atoms with Gasteiger partial charge in [-0.05, 0) is 69.8 Å². The molecule has 0 N–H and O–H groups in total. The van der Waals surface area contributed by atoms with Gasteiger partial charge in [-0.15, -0.1) is 11.3 Å². The summed E-state index contributed by atoms with van der Waals surface area (Å²) in [6.45, 7) is 0. The maximum atomic E-state index is 6.45. The number of aromatic nitrogens is 3. The fraction of sp³-hybridized carbons (Fsp3) is 0. The van der Waals surface area contributed by atoms with E-state index in [-0.39, 0.29) is 0 Å². The number of furan rings is 1. The number of benzene rings is 8. The Morgan fingerprint density at radius 3 is 1.71 bits per heavy atom. The quantitative estimate of drug-likeness (QED) is 0.171. The second kappa shape index (κ2) is 13.3. The van der Waals surface area contributed by atoms with E-state index in [9.17, 15) is 0 Å². The van der Waals surface area contributed by atoms with E-state index >= 15 is 0 Å². The van der Waals surface area contributed by atoms with Crippen molar-refractivity contribution in [1.29, 1.82) is 0 Å². The van der Waals surface area contributed by atoms with Crippen molar-refractivity contribution in [2.45, 2.75) is 0 Å². The predicted octanol–water partition coefficient (Wildman–Crippen LogP) is 14.1. The molecule has 56 heavy (non-hydrogen) atoms. The zero-order valence-electron chi connectivity index (χ0n) is 30.1. The summed E-state index contributed by atoms with van der Waals surface area (Å²) in [5.74, 6) is 1.91. The Labute approximate surface area is 327 Å². The van der Waals surface area contributed by atoms with Gasteiger partial charge in [-0.1, -0.05) is 152 Å². The molecule has 0 radical (unpaired) electrons. The normalized spacial score (nSPS) is 11.6. The van der Waals surface area contributed by atoms with Crippen LogP contribution in [0.3, 0.4) is 0 Å². The van der Waals surface area contributed by atoms with Crippen molar-refractivity contribution in [3.8, 4) is 67.5 Å². The minimum absolute atomic E-state index is 0.623. The third-order valence-corrected chi connectivity index (χ3v) is 11.7. The van der Waals surface area contributed by atoms with Crippen LogP contribution < -0.4 is 0 Å². The minimum Gasteiger partial charge on any atom is -0.456 e. The van der Waals surface area contributed by atoms with Gasteiger partial charge in [0.15, 0.2) is 17.5 Å². The van der Waals surface area contributed by atoms with Crippen LogP contribution in [0.5, 0.6) is 0 Å². The molecule has 0 saturated carbocycles. The van der Waals surface area contributed by atoms with Crippen molar-refractivity contribution >= 4 is 53.4 Å². The zero-order valence-corrected chi connectivity index (χ0v) is 30.9. The second-order valence-corrected chi connectivity index (χ2v) is 15.0. The lowest BCUT2D eigenvalue weighted by atomic mass is 9.95. The topological polar surface area (TPSA) is 51.8 Å². The molecule has 3 heterocycles. The Balaban J connectivity index is 1.04. The summed E-state index contributed by atoms with van der Waals surface area (Å²) < 4.78 is 8.91. The summed E-state index contributed by atoms with van der Waals surface area (Å²) in [5.41, 5.74) is 11.4. The molecule has 0 unspecified atom stereocenters. The SMILES string of the molecule is c1ccc(-c2ccc(-c3ccc4oc5cccc(-c6cccc(-c7nc(-c8ccccc8)nc(-c8cccc9sc%10ccccc%10c89)n7)c6)c5c4c3)cc2)cc1. The Bertz CT molecular complexity index is 3240. The van der Waals surface area contributed by atoms with Crippen LogP contribution in [0.15, 0.2) is 192 Å². The van der Waals surface area contributed by atoms with Crippen LogP contribution in [0.4, 0.5) is 0 Å². The van der Waals surface area contributed by atoms with Gasteiger partial charge < -0.3 is 4.42 Å². The van der Waals surface area contributed by atoms with Crippen molar-refractivity contribution in [2.24, 2.45) is 0 Å². The van der Waals surface area contributed by atoms with Gasteiger partial charge in [-0.2, -0.15) is 0 Å². The molecule has 0 fully saturated rings. The number of hydrogen-bond acceptors (Lipinski definition) is 5. The van der Waals surface area contributed by atoms with Crippen LogP contribution in [0, 0.1) is 0 Å². The molecule has 0 saturated heterocycles. The maximum Gasteiger partial charge on any atom is 0.164 e. The van der Waals surface area contributed by atoms with E-state index in [0.717, 1.165) is 60.9 Å². The molecule has 3 aromatic heterocycles. The summed E-state index contributed by atoms with van der Waals surface area (Å²) >= 11 is 1.79. The van der Waals surface area contributed by atoms with Gasteiger partial charge in [0.1, 0.15) is 11.2 Å². The summed E-state index contributed by atoms with van der Waals surface area (Å²) in [6, 6.07) is 65.7. The first-order valence-corrected chi connectivity index (χ1v) is 19.5. The first-order valence-electron chi connectivity index (χ1n) is 18.7. The van der Waals surface area contributed by atoms with Crippen LogP contribution in [0.2, 0.25) is 0 Å². The minimum atomic E-state index is 0.623. The Kier molecular flexibility index (Phi) is 7.64. The van der Waals surface area contributed by atoms with E-state index in [1.54, 1.807) is 11.3 Å². The molecule has 8 aromatic carbocycles. The average molecular weight is 734 g/mol. The number of rotatable bonds is 6. The third-order valence-electron chi connectivity index (χ3n) is 10.6. The number of nitrogens with zero attached hydrogens (tertiary/aromatic N) is 3. The highest BCUT2D eigenvalue weighted by Crippen LogP contribution is 2.41. The third kappa shape index (κ3) is 5.56. The molecular weight excluding hydrogens is 703 g/mol. The molecule has 0 atom stereocenters. The molecule has 11 rings (SSSR count). The molecule has 0 aliphatic heterocycles. The zero-order chi connectivity index (χ0) is 37.0. The van der Waals surface area contributed by atoms with Crippen LogP contribution in [-0.4, -0.2) is 15.0 Å². The van der Waals surface area contributed by atoms with Gasteiger partial charge in [-0.3, -0.25) is 0 Å². The number of hydrogen-bond donors (Lipinski definition) is 0. The monoisotopic (exact) mass is 733 g/mol.